The number of hydrogen-bond acceptors (Lipinski definition) is 8. The highest BCUT2D eigenvalue weighted by atomic mass is 16.5. The maximum absolute atomic E-state index is 12.6. The first-order valence-corrected chi connectivity index (χ1v) is 11.7. The Morgan fingerprint density at radius 3 is 2.50 bits per heavy atom. The molecule has 3 heterocycles. The van der Waals surface area contributed by atoms with Gasteiger partial charge in [0.15, 0.2) is 5.82 Å². The van der Waals surface area contributed by atoms with Gasteiger partial charge in [-0.05, 0) is 56.0 Å². The molecule has 1 aliphatic heterocycles. The summed E-state index contributed by atoms with van der Waals surface area (Å²) in [6.45, 7) is 3.11. The third-order valence-corrected chi connectivity index (χ3v) is 6.02. The lowest BCUT2D eigenvalue weighted by Crippen LogP contribution is -2.36. The van der Waals surface area contributed by atoms with Gasteiger partial charge in [0.25, 0.3) is 5.91 Å². The van der Waals surface area contributed by atoms with Crippen molar-refractivity contribution in [3.63, 3.8) is 0 Å². The summed E-state index contributed by atoms with van der Waals surface area (Å²) in [6.07, 6.45) is 8.10. The van der Waals surface area contributed by atoms with Crippen molar-refractivity contribution < 1.29 is 14.3 Å². The SMILES string of the molecule is O=C(Nc1ccc(Nc2cc(N3CCOCC3)cnn2)cc1)c1ccc(OC2CCCC2)nc1. The number of morpholine rings is 1. The molecule has 176 valence electrons. The van der Waals surface area contributed by atoms with Gasteiger partial charge in [0.1, 0.15) is 6.10 Å². The van der Waals surface area contributed by atoms with Crippen LogP contribution in [-0.2, 0) is 4.74 Å². The Bertz CT molecular complexity index is 1090. The summed E-state index contributed by atoms with van der Waals surface area (Å²) in [6, 6.07) is 12.9. The number of rotatable bonds is 7. The number of benzene rings is 1. The zero-order valence-electron chi connectivity index (χ0n) is 18.9. The highest BCUT2D eigenvalue weighted by molar-refractivity contribution is 6.04. The highest BCUT2D eigenvalue weighted by Crippen LogP contribution is 2.24. The molecule has 2 N–H and O–H groups in total. The van der Waals surface area contributed by atoms with E-state index in [0.29, 0.717) is 36.2 Å². The van der Waals surface area contributed by atoms with Crippen LogP contribution < -0.4 is 20.3 Å². The second kappa shape index (κ2) is 10.5. The molecule has 1 aliphatic carbocycles. The van der Waals surface area contributed by atoms with Crippen LogP contribution in [0.5, 0.6) is 5.88 Å². The van der Waals surface area contributed by atoms with Crippen LogP contribution in [0, 0.1) is 0 Å². The van der Waals surface area contributed by atoms with E-state index < -0.39 is 0 Å². The summed E-state index contributed by atoms with van der Waals surface area (Å²) in [5.74, 6) is 1.01. The van der Waals surface area contributed by atoms with Crippen molar-refractivity contribution >= 4 is 28.8 Å². The molecule has 0 atom stereocenters. The Morgan fingerprint density at radius 2 is 1.76 bits per heavy atom. The predicted molar refractivity (Wildman–Crippen MR) is 130 cm³/mol. The van der Waals surface area contributed by atoms with Crippen LogP contribution >= 0.6 is 0 Å². The minimum atomic E-state index is -0.218. The lowest BCUT2D eigenvalue weighted by Gasteiger charge is -2.28. The molecule has 2 aliphatic rings. The Labute approximate surface area is 198 Å². The minimum absolute atomic E-state index is 0.218. The molecule has 1 saturated heterocycles. The molecule has 2 fully saturated rings. The molecular formula is C25H28N6O3. The van der Waals surface area contributed by atoms with E-state index in [-0.39, 0.29) is 12.0 Å². The summed E-state index contributed by atoms with van der Waals surface area (Å²) in [4.78, 5) is 19.1. The van der Waals surface area contributed by atoms with Gasteiger partial charge in [0.05, 0.1) is 30.7 Å². The van der Waals surface area contributed by atoms with Gasteiger partial charge in [-0.2, -0.15) is 5.10 Å². The van der Waals surface area contributed by atoms with Crippen molar-refractivity contribution in [2.45, 2.75) is 31.8 Å². The van der Waals surface area contributed by atoms with Crippen molar-refractivity contribution in [3.8, 4) is 5.88 Å². The Balaban J connectivity index is 1.16. The van der Waals surface area contributed by atoms with E-state index in [4.69, 9.17) is 9.47 Å². The van der Waals surface area contributed by atoms with Crippen LogP contribution in [0.1, 0.15) is 36.0 Å². The van der Waals surface area contributed by atoms with Crippen LogP contribution in [-0.4, -0.2) is 53.5 Å². The Hall–Kier alpha value is -3.72. The van der Waals surface area contributed by atoms with E-state index in [0.717, 1.165) is 37.3 Å². The maximum Gasteiger partial charge on any atom is 0.257 e. The van der Waals surface area contributed by atoms with Crippen LogP contribution in [0.15, 0.2) is 54.9 Å². The summed E-state index contributed by atoms with van der Waals surface area (Å²) >= 11 is 0. The summed E-state index contributed by atoms with van der Waals surface area (Å²) in [7, 11) is 0. The summed E-state index contributed by atoms with van der Waals surface area (Å²) in [5, 5.41) is 14.5. The first kappa shape index (κ1) is 22.1. The van der Waals surface area contributed by atoms with Crippen molar-refractivity contribution in [2.24, 2.45) is 0 Å². The Kier molecular flexibility index (Phi) is 6.81. The quantitative estimate of drug-likeness (QED) is 0.545. The number of carbonyl (C=O) groups is 1. The normalized spacial score (nSPS) is 16.3. The summed E-state index contributed by atoms with van der Waals surface area (Å²) in [5.41, 5.74) is 3.03. The molecule has 34 heavy (non-hydrogen) atoms. The van der Waals surface area contributed by atoms with Crippen LogP contribution in [0.3, 0.4) is 0 Å². The summed E-state index contributed by atoms with van der Waals surface area (Å²) < 4.78 is 11.3. The smallest absolute Gasteiger partial charge is 0.257 e. The molecule has 0 radical (unpaired) electrons. The van der Waals surface area contributed by atoms with Crippen molar-refractivity contribution in [3.05, 3.63) is 60.4 Å². The molecule has 1 aromatic carbocycles. The molecule has 1 saturated carbocycles. The number of amides is 1. The maximum atomic E-state index is 12.6. The van der Waals surface area contributed by atoms with E-state index >= 15 is 0 Å². The fourth-order valence-corrected chi connectivity index (χ4v) is 4.16. The van der Waals surface area contributed by atoms with Crippen molar-refractivity contribution in [2.75, 3.05) is 41.8 Å². The molecule has 9 nitrogen and oxygen atoms in total. The predicted octanol–water partition coefficient (Wildman–Crippen LogP) is 4.03. The fourth-order valence-electron chi connectivity index (χ4n) is 4.16. The lowest BCUT2D eigenvalue weighted by molar-refractivity contribution is 0.102. The minimum Gasteiger partial charge on any atom is -0.474 e. The van der Waals surface area contributed by atoms with E-state index in [1.165, 1.54) is 12.8 Å². The number of nitrogens with zero attached hydrogens (tertiary/aromatic N) is 4. The monoisotopic (exact) mass is 460 g/mol. The Morgan fingerprint density at radius 1 is 1.00 bits per heavy atom. The number of hydrogen-bond donors (Lipinski definition) is 2. The van der Waals surface area contributed by atoms with Crippen molar-refractivity contribution in [1.82, 2.24) is 15.2 Å². The van der Waals surface area contributed by atoms with E-state index in [1.54, 1.807) is 24.5 Å². The highest BCUT2D eigenvalue weighted by Gasteiger charge is 2.17. The fraction of sp³-hybridized carbons (Fsp3) is 0.360. The molecule has 2 aromatic heterocycles. The largest absolute Gasteiger partial charge is 0.474 e. The van der Waals surface area contributed by atoms with Gasteiger partial charge in [0.2, 0.25) is 5.88 Å². The average Bonchev–Trinajstić information content (AvgIpc) is 3.39. The van der Waals surface area contributed by atoms with Crippen molar-refractivity contribution in [1.29, 1.82) is 0 Å². The van der Waals surface area contributed by atoms with E-state index in [2.05, 4.69) is 30.7 Å². The van der Waals surface area contributed by atoms with Crippen LogP contribution in [0.4, 0.5) is 22.9 Å². The van der Waals surface area contributed by atoms with Gasteiger partial charge < -0.3 is 25.0 Å². The van der Waals surface area contributed by atoms with Gasteiger partial charge in [0, 0.05) is 42.8 Å². The lowest BCUT2D eigenvalue weighted by atomic mass is 10.2. The van der Waals surface area contributed by atoms with Crippen LogP contribution in [0.25, 0.3) is 0 Å². The molecule has 0 bridgehead atoms. The first-order chi connectivity index (χ1) is 16.7. The number of aromatic nitrogens is 3. The number of pyridine rings is 1. The number of ether oxygens (including phenoxy) is 2. The van der Waals surface area contributed by atoms with E-state index in [9.17, 15) is 4.79 Å². The third kappa shape index (κ3) is 5.60. The van der Waals surface area contributed by atoms with Gasteiger partial charge in [-0.3, -0.25) is 4.79 Å². The van der Waals surface area contributed by atoms with Crippen LogP contribution in [0.2, 0.25) is 0 Å². The standard InChI is InChI=1S/C25H28N6O3/c32-25(18-5-10-24(26-16-18)34-22-3-1-2-4-22)29-20-8-6-19(7-9-20)28-23-15-21(17-27-30-23)31-11-13-33-14-12-31/h5-10,15-17,22H,1-4,11-14H2,(H,28,30)(H,29,32). The second-order valence-electron chi connectivity index (χ2n) is 8.46. The third-order valence-electron chi connectivity index (χ3n) is 6.02. The zero-order valence-corrected chi connectivity index (χ0v) is 18.9. The number of anilines is 4. The van der Waals surface area contributed by atoms with Gasteiger partial charge in [-0.15, -0.1) is 5.10 Å². The molecule has 0 spiro atoms. The van der Waals surface area contributed by atoms with Gasteiger partial charge >= 0.3 is 0 Å². The second-order valence-corrected chi connectivity index (χ2v) is 8.46. The molecule has 9 heteroatoms. The molecule has 3 aromatic rings. The topological polar surface area (TPSA) is 102 Å². The first-order valence-electron chi connectivity index (χ1n) is 11.7. The molecular weight excluding hydrogens is 432 g/mol. The van der Waals surface area contributed by atoms with Gasteiger partial charge in [-0.25, -0.2) is 4.98 Å². The molecule has 0 unspecified atom stereocenters. The van der Waals surface area contributed by atoms with E-state index in [1.807, 2.05) is 30.3 Å². The zero-order chi connectivity index (χ0) is 23.2. The number of nitrogens with one attached hydrogen (secondary N) is 2. The number of carbonyl (C=O) groups excluding carboxylic acids is 1. The molecule has 1 amide bonds. The average molecular weight is 461 g/mol. The molecule has 5 rings (SSSR count). The van der Waals surface area contributed by atoms with Gasteiger partial charge in [-0.1, -0.05) is 0 Å².